The topological polar surface area (TPSA) is 73.3 Å². The summed E-state index contributed by atoms with van der Waals surface area (Å²) in [5.74, 6) is 0.791. The summed E-state index contributed by atoms with van der Waals surface area (Å²) < 4.78 is 5.63. The Kier molecular flexibility index (Phi) is 48.4. The van der Waals surface area contributed by atoms with Gasteiger partial charge in [0.15, 0.2) is 0 Å². The van der Waals surface area contributed by atoms with Crippen LogP contribution < -0.4 is 0 Å². The first kappa shape index (κ1) is 64.8. The smallest absolute Gasteiger partial charge is 0.222 e. The minimum absolute atomic E-state index is 0.195. The molecule has 2 amide bonds. The molecule has 1 aliphatic rings. The van der Waals surface area contributed by atoms with Gasteiger partial charge in [0.2, 0.25) is 11.8 Å². The third kappa shape index (κ3) is 39.4. The molecule has 2 atom stereocenters. The predicted molar refractivity (Wildman–Crippen MR) is 296 cm³/mol. The third-order valence-electron chi connectivity index (χ3n) is 15.3. The van der Waals surface area contributed by atoms with Crippen molar-refractivity contribution in [1.82, 2.24) is 14.7 Å². The highest BCUT2D eigenvalue weighted by atomic mass is 16.5. The first-order chi connectivity index (χ1) is 33.5. The van der Waals surface area contributed by atoms with Gasteiger partial charge in [0.05, 0.1) is 12.7 Å². The minimum Gasteiger partial charge on any atom is -0.389 e. The molecule has 7 heteroatoms. The van der Waals surface area contributed by atoms with Crippen LogP contribution in [-0.4, -0.2) is 96.2 Å². The van der Waals surface area contributed by atoms with Gasteiger partial charge in [-0.1, -0.05) is 246 Å². The van der Waals surface area contributed by atoms with Crippen molar-refractivity contribution >= 4 is 11.8 Å². The van der Waals surface area contributed by atoms with Crippen LogP contribution in [0.25, 0.3) is 0 Å². The number of hydrogen-bond donors (Lipinski definition) is 1. The summed E-state index contributed by atoms with van der Waals surface area (Å²) in [5, 5.41) is 10.9. The highest BCUT2D eigenvalue weighted by Gasteiger charge is 2.29. The van der Waals surface area contributed by atoms with Crippen LogP contribution in [0.15, 0.2) is 0 Å². The molecule has 1 saturated heterocycles. The summed E-state index contributed by atoms with van der Waals surface area (Å²) in [6, 6.07) is 0.195. The fourth-order valence-electron chi connectivity index (χ4n) is 10.6. The SMILES string of the molecule is CCCCCCCCCCN(CCCCCCCCCC)C(=O)CCCCCCCN(CCCCCCCC(=O)N(CCCCCCCCCC)CCCCCCCCCC)[C@H]1CCOC[C@H]1O. The van der Waals surface area contributed by atoms with Crippen molar-refractivity contribution in [3.8, 4) is 0 Å². The van der Waals surface area contributed by atoms with E-state index in [0.29, 0.717) is 31.3 Å². The number of unbranched alkanes of at least 4 members (excludes halogenated alkanes) is 36. The molecule has 0 spiro atoms. The Morgan fingerprint density at radius 1 is 0.368 bits per heavy atom. The van der Waals surface area contributed by atoms with Crippen LogP contribution in [0.4, 0.5) is 0 Å². The lowest BCUT2D eigenvalue weighted by atomic mass is 10.0. The molecule has 1 N–H and O–H groups in total. The normalized spacial score (nSPS) is 15.1. The van der Waals surface area contributed by atoms with Crippen LogP contribution in [0.1, 0.15) is 317 Å². The van der Waals surface area contributed by atoms with E-state index >= 15 is 0 Å². The van der Waals surface area contributed by atoms with Crippen molar-refractivity contribution in [2.24, 2.45) is 0 Å². The summed E-state index contributed by atoms with van der Waals surface area (Å²) in [7, 11) is 0. The summed E-state index contributed by atoms with van der Waals surface area (Å²) in [4.78, 5) is 34.0. The highest BCUT2D eigenvalue weighted by Crippen LogP contribution is 2.20. The molecule has 1 heterocycles. The average Bonchev–Trinajstić information content (AvgIpc) is 3.34. The summed E-state index contributed by atoms with van der Waals surface area (Å²) in [6.45, 7) is 16.2. The number of aliphatic hydroxyl groups is 1. The molecular formula is C61H121N3O4. The lowest BCUT2D eigenvalue weighted by molar-refractivity contribution is -0.132. The zero-order valence-corrected chi connectivity index (χ0v) is 46.6. The van der Waals surface area contributed by atoms with Gasteiger partial charge >= 0.3 is 0 Å². The Balaban J connectivity index is 2.45. The van der Waals surface area contributed by atoms with Crippen molar-refractivity contribution < 1.29 is 19.4 Å². The molecule has 0 aromatic rings. The number of hydrogen-bond acceptors (Lipinski definition) is 5. The quantitative estimate of drug-likeness (QED) is 0.0615. The van der Waals surface area contributed by atoms with Crippen LogP contribution in [0.3, 0.4) is 0 Å². The van der Waals surface area contributed by atoms with Gasteiger partial charge in [0, 0.05) is 51.7 Å². The molecule has 1 aliphatic heterocycles. The minimum atomic E-state index is -0.403. The van der Waals surface area contributed by atoms with Crippen LogP contribution >= 0.6 is 0 Å². The van der Waals surface area contributed by atoms with Gasteiger partial charge in [-0.05, 0) is 70.9 Å². The second-order valence-electron chi connectivity index (χ2n) is 21.7. The largest absolute Gasteiger partial charge is 0.389 e. The fourth-order valence-corrected chi connectivity index (χ4v) is 10.6. The van der Waals surface area contributed by atoms with Gasteiger partial charge in [-0.2, -0.15) is 0 Å². The first-order valence-electron chi connectivity index (χ1n) is 31.0. The molecule has 1 fully saturated rings. The van der Waals surface area contributed by atoms with Crippen molar-refractivity contribution in [3.05, 3.63) is 0 Å². The average molecular weight is 961 g/mol. The van der Waals surface area contributed by atoms with Gasteiger partial charge in [-0.3, -0.25) is 14.5 Å². The van der Waals surface area contributed by atoms with Crippen LogP contribution in [-0.2, 0) is 14.3 Å². The van der Waals surface area contributed by atoms with Crippen LogP contribution in [0.5, 0.6) is 0 Å². The molecule has 0 radical (unpaired) electrons. The summed E-state index contributed by atoms with van der Waals surface area (Å²) in [5.41, 5.74) is 0. The van der Waals surface area contributed by atoms with Gasteiger partial charge in [-0.25, -0.2) is 0 Å². The van der Waals surface area contributed by atoms with E-state index in [-0.39, 0.29) is 6.04 Å². The van der Waals surface area contributed by atoms with Gasteiger partial charge in [0.1, 0.15) is 0 Å². The van der Waals surface area contributed by atoms with E-state index in [9.17, 15) is 14.7 Å². The Labute approximate surface area is 425 Å². The van der Waals surface area contributed by atoms with Crippen molar-refractivity contribution in [2.75, 3.05) is 52.5 Å². The van der Waals surface area contributed by atoms with E-state index in [2.05, 4.69) is 42.4 Å². The maximum Gasteiger partial charge on any atom is 0.222 e. The van der Waals surface area contributed by atoms with Crippen molar-refractivity contribution in [2.45, 2.75) is 329 Å². The summed E-state index contributed by atoms with van der Waals surface area (Å²) >= 11 is 0. The monoisotopic (exact) mass is 960 g/mol. The Morgan fingerprint density at radius 3 is 0.897 bits per heavy atom. The van der Waals surface area contributed by atoms with Gasteiger partial charge < -0.3 is 19.6 Å². The number of rotatable bonds is 53. The highest BCUT2D eigenvalue weighted by molar-refractivity contribution is 5.76. The van der Waals surface area contributed by atoms with E-state index in [4.69, 9.17) is 4.74 Å². The maximum atomic E-state index is 13.5. The second kappa shape index (κ2) is 50.7. The number of carbonyl (C=O) groups is 2. The predicted octanol–water partition coefficient (Wildman–Crippen LogP) is 17.3. The molecular weight excluding hydrogens is 839 g/mol. The van der Waals surface area contributed by atoms with Crippen LogP contribution in [0, 0.1) is 0 Å². The Bertz CT molecular complexity index is 948. The third-order valence-corrected chi connectivity index (χ3v) is 15.3. The second-order valence-corrected chi connectivity index (χ2v) is 21.7. The first-order valence-corrected chi connectivity index (χ1v) is 31.0. The molecule has 1 rings (SSSR count). The Morgan fingerprint density at radius 2 is 0.618 bits per heavy atom. The molecule has 0 aromatic heterocycles. The number of ether oxygens (including phenoxy) is 1. The van der Waals surface area contributed by atoms with E-state index in [1.54, 1.807) is 0 Å². The maximum absolute atomic E-state index is 13.5. The number of nitrogens with zero attached hydrogens (tertiary/aromatic N) is 3. The van der Waals surface area contributed by atoms with Gasteiger partial charge in [-0.15, -0.1) is 0 Å². The van der Waals surface area contributed by atoms with Crippen molar-refractivity contribution in [1.29, 1.82) is 0 Å². The molecule has 0 bridgehead atoms. The van der Waals surface area contributed by atoms with Gasteiger partial charge in [0.25, 0.3) is 0 Å². The lowest BCUT2D eigenvalue weighted by Crippen LogP contribution is -2.49. The molecule has 0 aromatic carbocycles. The molecule has 0 unspecified atom stereocenters. The van der Waals surface area contributed by atoms with E-state index in [1.165, 1.54) is 205 Å². The molecule has 404 valence electrons. The molecule has 68 heavy (non-hydrogen) atoms. The fraction of sp³-hybridized carbons (Fsp3) is 0.967. The standard InChI is InChI=1S/C61H121N3O4/c1-5-9-13-17-21-25-33-43-52-63(53-44-34-26-22-18-14-10-6-2)60(66)47-39-31-29-37-41-50-62(58-49-56-68-57-59(58)65)51-42-38-30-32-40-48-61(67)64(54-45-35-27-23-19-15-11-7-3)55-46-36-28-24-20-16-12-8-4/h58-59,65H,5-57H2,1-4H3/t58-,59+/m0/s1. The molecule has 0 saturated carbocycles. The van der Waals surface area contributed by atoms with E-state index in [0.717, 1.165) is 117 Å². The molecule has 7 nitrogen and oxygen atoms in total. The number of aliphatic hydroxyl groups excluding tert-OH is 1. The zero-order chi connectivity index (χ0) is 49.2. The van der Waals surface area contributed by atoms with Crippen LogP contribution in [0.2, 0.25) is 0 Å². The Hall–Kier alpha value is -1.18. The molecule has 0 aliphatic carbocycles. The zero-order valence-electron chi connectivity index (χ0n) is 46.6. The van der Waals surface area contributed by atoms with E-state index in [1.807, 2.05) is 0 Å². The van der Waals surface area contributed by atoms with E-state index < -0.39 is 6.10 Å². The van der Waals surface area contributed by atoms with Crippen molar-refractivity contribution in [3.63, 3.8) is 0 Å². The number of amides is 2. The lowest BCUT2D eigenvalue weighted by Gasteiger charge is -2.37. The summed E-state index contributed by atoms with van der Waals surface area (Å²) in [6.07, 6.45) is 55.3. The number of carbonyl (C=O) groups excluding carboxylic acids is 2.